The van der Waals surface area contributed by atoms with Crippen molar-refractivity contribution in [3.63, 3.8) is 0 Å². The Morgan fingerprint density at radius 2 is 2.17 bits per heavy atom. The van der Waals surface area contributed by atoms with Crippen molar-refractivity contribution < 1.29 is 0 Å². The quantitative estimate of drug-likeness (QED) is 0.767. The van der Waals surface area contributed by atoms with Gasteiger partial charge in [0.15, 0.2) is 0 Å². The molecule has 1 aromatic carbocycles. The highest BCUT2D eigenvalue weighted by atomic mass is 32.2. The number of thioether (sulfide) groups is 1. The fourth-order valence-electron chi connectivity index (χ4n) is 1.63. The van der Waals surface area contributed by atoms with E-state index in [1.807, 2.05) is 30.3 Å². The molecule has 0 aliphatic rings. The van der Waals surface area contributed by atoms with E-state index >= 15 is 0 Å². The molecule has 0 saturated carbocycles. The number of nitrogens with zero attached hydrogens (tertiary/aromatic N) is 2. The van der Waals surface area contributed by atoms with Crippen LogP contribution in [0, 0.1) is 17.2 Å². The maximum absolute atomic E-state index is 9.20. The normalized spacial score (nSPS) is 12.3. The fourth-order valence-corrected chi connectivity index (χ4v) is 2.73. The molecule has 0 radical (unpaired) electrons. The molecule has 1 aromatic heterocycles. The van der Waals surface area contributed by atoms with Gasteiger partial charge >= 0.3 is 0 Å². The third-order valence-corrected chi connectivity index (χ3v) is 4.33. The van der Waals surface area contributed by atoms with E-state index in [4.69, 9.17) is 0 Å². The summed E-state index contributed by atoms with van der Waals surface area (Å²) in [5.74, 6) is 1.66. The number of hydrogen-bond donors (Lipinski definition) is 0. The van der Waals surface area contributed by atoms with E-state index in [0.29, 0.717) is 11.5 Å². The van der Waals surface area contributed by atoms with E-state index in [2.05, 4.69) is 24.9 Å². The zero-order valence-electron chi connectivity index (χ0n) is 10.7. The molecule has 18 heavy (non-hydrogen) atoms. The first kappa shape index (κ1) is 12.9. The molecule has 1 unspecified atom stereocenters. The molecule has 0 aliphatic carbocycles. The molecule has 0 fully saturated rings. The van der Waals surface area contributed by atoms with Gasteiger partial charge in [-0.2, -0.15) is 5.26 Å². The minimum absolute atomic E-state index is 0.648. The molecule has 1 heterocycles. The summed E-state index contributed by atoms with van der Waals surface area (Å²) in [6.45, 7) is 4.41. The van der Waals surface area contributed by atoms with Gasteiger partial charge < -0.3 is 0 Å². The smallest absolute Gasteiger partial charge is 0.115 e. The maximum atomic E-state index is 9.20. The van der Waals surface area contributed by atoms with Gasteiger partial charge in [-0.1, -0.05) is 38.5 Å². The van der Waals surface area contributed by atoms with Gasteiger partial charge in [0.05, 0.1) is 11.1 Å². The largest absolute Gasteiger partial charge is 0.240 e. The highest BCUT2D eigenvalue weighted by Gasteiger charge is 2.08. The van der Waals surface area contributed by atoms with Crippen molar-refractivity contribution in [2.75, 3.05) is 5.75 Å². The molecule has 1 atom stereocenters. The lowest BCUT2D eigenvalue weighted by Gasteiger charge is -2.09. The number of hydrogen-bond acceptors (Lipinski definition) is 3. The van der Waals surface area contributed by atoms with Gasteiger partial charge in [-0.3, -0.25) is 0 Å². The molecule has 2 nitrogen and oxygen atoms in total. The van der Waals surface area contributed by atoms with Crippen LogP contribution in [0.4, 0.5) is 0 Å². The lowest BCUT2D eigenvalue weighted by molar-refractivity contribution is 0.636. The van der Waals surface area contributed by atoms with Crippen LogP contribution in [0.3, 0.4) is 0 Å². The predicted molar refractivity (Wildman–Crippen MR) is 76.6 cm³/mol. The first-order chi connectivity index (χ1) is 8.74. The fraction of sp³-hybridized carbons (Fsp3) is 0.333. The predicted octanol–water partition coefficient (Wildman–Crippen LogP) is 4.24. The van der Waals surface area contributed by atoms with Crippen molar-refractivity contribution in [1.82, 2.24) is 4.98 Å². The Morgan fingerprint density at radius 3 is 2.89 bits per heavy atom. The summed E-state index contributed by atoms with van der Waals surface area (Å²) < 4.78 is 0. The monoisotopic (exact) mass is 256 g/mol. The van der Waals surface area contributed by atoms with Crippen LogP contribution in [-0.4, -0.2) is 10.7 Å². The lowest BCUT2D eigenvalue weighted by Crippen LogP contribution is -1.97. The molecular weight excluding hydrogens is 240 g/mol. The molecule has 0 saturated heterocycles. The number of para-hydroxylation sites is 1. The van der Waals surface area contributed by atoms with E-state index in [9.17, 15) is 5.26 Å². The summed E-state index contributed by atoms with van der Waals surface area (Å²) >= 11 is 1.69. The summed E-state index contributed by atoms with van der Waals surface area (Å²) in [5.41, 5.74) is 1.64. The van der Waals surface area contributed by atoms with Crippen LogP contribution >= 0.6 is 11.8 Å². The molecule has 0 bridgehead atoms. The summed E-state index contributed by atoms with van der Waals surface area (Å²) in [6, 6.07) is 12.1. The van der Waals surface area contributed by atoms with Crippen LogP contribution in [0.15, 0.2) is 35.4 Å². The Morgan fingerprint density at radius 1 is 1.39 bits per heavy atom. The van der Waals surface area contributed by atoms with E-state index in [-0.39, 0.29) is 0 Å². The van der Waals surface area contributed by atoms with E-state index in [1.54, 1.807) is 11.8 Å². The Balaban J connectivity index is 2.34. The zero-order chi connectivity index (χ0) is 13.0. The number of pyridine rings is 1. The highest BCUT2D eigenvalue weighted by Crippen LogP contribution is 2.26. The van der Waals surface area contributed by atoms with Crippen molar-refractivity contribution in [2.45, 2.75) is 25.3 Å². The van der Waals surface area contributed by atoms with E-state index < -0.39 is 0 Å². The second-order valence-corrected chi connectivity index (χ2v) is 5.48. The van der Waals surface area contributed by atoms with Crippen LogP contribution in [0.1, 0.15) is 25.8 Å². The number of fused-ring (bicyclic) bond motifs is 1. The van der Waals surface area contributed by atoms with Crippen molar-refractivity contribution in [3.05, 3.63) is 35.9 Å². The van der Waals surface area contributed by atoms with Gasteiger partial charge in [-0.05, 0) is 18.1 Å². The Kier molecular flexibility index (Phi) is 4.22. The first-order valence-corrected chi connectivity index (χ1v) is 7.15. The summed E-state index contributed by atoms with van der Waals surface area (Å²) in [4.78, 5) is 4.59. The van der Waals surface area contributed by atoms with Crippen molar-refractivity contribution in [2.24, 2.45) is 5.92 Å². The SMILES string of the molecule is CCC(C)CSc1nc2ccccc2cc1C#N. The second-order valence-electron chi connectivity index (χ2n) is 4.47. The van der Waals surface area contributed by atoms with Crippen LogP contribution in [0.25, 0.3) is 10.9 Å². The Bertz CT molecular complexity index is 587. The second kappa shape index (κ2) is 5.88. The van der Waals surface area contributed by atoms with Crippen LogP contribution in [0.5, 0.6) is 0 Å². The summed E-state index contributed by atoms with van der Waals surface area (Å²) in [5, 5.41) is 11.1. The number of rotatable bonds is 4. The lowest BCUT2D eigenvalue weighted by atomic mass is 10.2. The van der Waals surface area contributed by atoms with Crippen LogP contribution in [-0.2, 0) is 0 Å². The van der Waals surface area contributed by atoms with Gasteiger partial charge in [0.1, 0.15) is 11.1 Å². The van der Waals surface area contributed by atoms with Gasteiger partial charge in [0.2, 0.25) is 0 Å². The highest BCUT2D eigenvalue weighted by molar-refractivity contribution is 7.99. The third kappa shape index (κ3) is 2.83. The Labute approximate surface area is 112 Å². The maximum Gasteiger partial charge on any atom is 0.115 e. The van der Waals surface area contributed by atoms with Crippen molar-refractivity contribution in [3.8, 4) is 6.07 Å². The van der Waals surface area contributed by atoms with Crippen molar-refractivity contribution >= 4 is 22.7 Å². The average molecular weight is 256 g/mol. The van der Waals surface area contributed by atoms with Gasteiger partial charge in [0, 0.05) is 11.1 Å². The molecule has 0 N–H and O–H groups in total. The summed E-state index contributed by atoms with van der Waals surface area (Å²) in [6.07, 6.45) is 1.16. The van der Waals surface area contributed by atoms with E-state index in [0.717, 1.165) is 28.1 Å². The molecule has 2 aromatic rings. The topological polar surface area (TPSA) is 36.7 Å². The minimum atomic E-state index is 0.648. The molecular formula is C15H16N2S. The number of nitriles is 1. The Hall–Kier alpha value is -1.53. The first-order valence-electron chi connectivity index (χ1n) is 6.17. The molecule has 92 valence electrons. The number of benzene rings is 1. The number of aromatic nitrogens is 1. The van der Waals surface area contributed by atoms with E-state index in [1.165, 1.54) is 0 Å². The van der Waals surface area contributed by atoms with Gasteiger partial charge in [0.25, 0.3) is 0 Å². The molecule has 0 amide bonds. The molecule has 0 spiro atoms. The zero-order valence-corrected chi connectivity index (χ0v) is 11.5. The van der Waals surface area contributed by atoms with Crippen LogP contribution in [0.2, 0.25) is 0 Å². The molecule has 0 aliphatic heterocycles. The van der Waals surface area contributed by atoms with Gasteiger partial charge in [-0.25, -0.2) is 4.98 Å². The average Bonchev–Trinajstić information content (AvgIpc) is 2.43. The summed E-state index contributed by atoms with van der Waals surface area (Å²) in [7, 11) is 0. The third-order valence-electron chi connectivity index (χ3n) is 3.01. The van der Waals surface area contributed by atoms with Crippen LogP contribution < -0.4 is 0 Å². The minimum Gasteiger partial charge on any atom is -0.240 e. The standard InChI is InChI=1S/C15H16N2S/c1-3-11(2)10-18-15-13(9-16)8-12-6-4-5-7-14(12)17-15/h4-8,11H,3,10H2,1-2H3. The molecule has 2 rings (SSSR count). The van der Waals surface area contributed by atoms with Gasteiger partial charge in [-0.15, -0.1) is 11.8 Å². The molecule has 3 heteroatoms. The van der Waals surface area contributed by atoms with Crippen molar-refractivity contribution in [1.29, 1.82) is 5.26 Å².